The number of carbonyl (C=O) groups excluding carboxylic acids is 2. The summed E-state index contributed by atoms with van der Waals surface area (Å²) in [5, 5.41) is 11.4. The first-order valence-corrected chi connectivity index (χ1v) is 18.3. The minimum absolute atomic E-state index is 0. The van der Waals surface area contributed by atoms with E-state index >= 15 is 0 Å². The van der Waals surface area contributed by atoms with E-state index in [9.17, 15) is 9.59 Å². The molecule has 0 bridgehead atoms. The summed E-state index contributed by atoms with van der Waals surface area (Å²) in [5.41, 5.74) is 2.09. The first kappa shape index (κ1) is 41.7. The Kier molecular flexibility index (Phi) is 26.1. The van der Waals surface area contributed by atoms with Crippen molar-refractivity contribution in [2.24, 2.45) is 0 Å². The number of halogens is 1. The van der Waals surface area contributed by atoms with Crippen LogP contribution in [0.5, 0.6) is 5.88 Å². The number of unbranched alkanes of at least 4 members (excludes halogenated alkanes) is 16. The summed E-state index contributed by atoms with van der Waals surface area (Å²) in [6, 6.07) is 1.62. The van der Waals surface area contributed by atoms with Gasteiger partial charge >= 0.3 is 12.2 Å². The van der Waals surface area contributed by atoms with Gasteiger partial charge in [-0.25, -0.2) is 9.59 Å². The van der Waals surface area contributed by atoms with Crippen LogP contribution in [0.4, 0.5) is 9.59 Å². The van der Waals surface area contributed by atoms with E-state index in [4.69, 9.17) is 18.7 Å². The minimum Gasteiger partial charge on any atom is -1.00 e. The summed E-state index contributed by atoms with van der Waals surface area (Å²) in [6.45, 7) is 5.89. The Labute approximate surface area is 291 Å². The third-order valence-corrected chi connectivity index (χ3v) is 8.31. The molecule has 2 heterocycles. The van der Waals surface area contributed by atoms with Crippen LogP contribution < -0.4 is 36.9 Å². The van der Waals surface area contributed by atoms with Crippen LogP contribution in [0.1, 0.15) is 128 Å². The molecule has 0 aliphatic carbocycles. The van der Waals surface area contributed by atoms with Gasteiger partial charge in [-0.15, -0.1) is 0 Å². The van der Waals surface area contributed by atoms with Crippen LogP contribution in [0.2, 0.25) is 0 Å². The quantitative estimate of drug-likeness (QED) is 0.0905. The highest BCUT2D eigenvalue weighted by molar-refractivity contribution is 7.07. The van der Waals surface area contributed by atoms with Crippen LogP contribution in [-0.4, -0.2) is 49.8 Å². The highest BCUT2D eigenvalue weighted by Crippen LogP contribution is 2.14. The van der Waals surface area contributed by atoms with Crippen molar-refractivity contribution >= 4 is 23.5 Å². The van der Waals surface area contributed by atoms with Gasteiger partial charge in [-0.05, 0) is 31.3 Å². The van der Waals surface area contributed by atoms with Gasteiger partial charge in [0.05, 0.1) is 5.38 Å². The second-order valence-corrected chi connectivity index (χ2v) is 12.6. The normalized spacial score (nSPS) is 11.4. The number of amides is 2. The Morgan fingerprint density at radius 1 is 0.804 bits per heavy atom. The molecule has 264 valence electrons. The fraction of sp³-hybridized carbons (Fsp3) is 0.765. The lowest BCUT2D eigenvalue weighted by Crippen LogP contribution is -3.00. The Morgan fingerprint density at radius 3 is 1.76 bits per heavy atom. The zero-order valence-corrected chi connectivity index (χ0v) is 30.7. The molecule has 2 amide bonds. The molecule has 0 saturated carbocycles. The zero-order valence-electron chi connectivity index (χ0n) is 28.3. The molecule has 12 heteroatoms. The van der Waals surface area contributed by atoms with E-state index in [1.807, 2.05) is 0 Å². The molecule has 0 spiro atoms. The van der Waals surface area contributed by atoms with Gasteiger partial charge in [0.15, 0.2) is 12.3 Å². The maximum absolute atomic E-state index is 12.2. The van der Waals surface area contributed by atoms with Gasteiger partial charge < -0.3 is 46.3 Å². The van der Waals surface area contributed by atoms with Gasteiger partial charge in [0.1, 0.15) is 25.5 Å². The van der Waals surface area contributed by atoms with Crippen molar-refractivity contribution in [1.82, 2.24) is 15.8 Å². The largest absolute Gasteiger partial charge is 1.00 e. The Morgan fingerprint density at radius 2 is 1.30 bits per heavy atom. The summed E-state index contributed by atoms with van der Waals surface area (Å²) < 4.78 is 23.6. The lowest BCUT2D eigenvalue weighted by molar-refractivity contribution is -0.692. The number of hydrogen-bond acceptors (Lipinski definition) is 8. The van der Waals surface area contributed by atoms with Gasteiger partial charge in [-0.2, -0.15) is 4.57 Å². The lowest BCUT2D eigenvalue weighted by Gasteiger charge is -2.18. The molecule has 46 heavy (non-hydrogen) atoms. The molecule has 0 aromatic carbocycles. The molecule has 0 fully saturated rings. The van der Waals surface area contributed by atoms with Gasteiger partial charge in [-0.1, -0.05) is 108 Å². The van der Waals surface area contributed by atoms with Crippen molar-refractivity contribution in [2.45, 2.75) is 142 Å². The second kappa shape index (κ2) is 28.8. The first-order chi connectivity index (χ1) is 22.1. The summed E-state index contributed by atoms with van der Waals surface area (Å²) in [5.74, 6) is 0.828. The number of rotatable bonds is 28. The van der Waals surface area contributed by atoms with Crippen LogP contribution in [0.15, 0.2) is 27.7 Å². The van der Waals surface area contributed by atoms with E-state index in [2.05, 4.69) is 44.4 Å². The number of ether oxygens (including phenoxy) is 3. The van der Waals surface area contributed by atoms with E-state index in [1.165, 1.54) is 83.5 Å². The summed E-state index contributed by atoms with van der Waals surface area (Å²) in [7, 11) is 0. The van der Waals surface area contributed by atoms with E-state index < -0.39 is 18.3 Å². The third-order valence-electron chi connectivity index (χ3n) is 7.63. The van der Waals surface area contributed by atoms with Crippen LogP contribution in [0.3, 0.4) is 0 Å². The Bertz CT molecular complexity index is 994. The standard InChI is InChI=1S/C34H58N4O6S.BrH/c1-3-4-5-6-7-8-9-10-11-12-13-14-15-16-18-21-35-33(39)41-27-31(43-32-26-30(2)44-37-32)28-42-34(40)36-22-19-17-20-23-38-24-25-45-29-38;/h24-26,29,31H,3-23,27-28H2,1-2H3,(H-,35,36,39,40);1H. The predicted octanol–water partition coefficient (Wildman–Crippen LogP) is 5.28. The van der Waals surface area contributed by atoms with Crippen molar-refractivity contribution in [3.8, 4) is 5.88 Å². The van der Waals surface area contributed by atoms with E-state index in [1.54, 1.807) is 24.3 Å². The fourth-order valence-corrected chi connectivity index (χ4v) is 5.62. The first-order valence-electron chi connectivity index (χ1n) is 17.4. The molecule has 1 atom stereocenters. The molecule has 0 saturated heterocycles. The molecule has 2 N–H and O–H groups in total. The van der Waals surface area contributed by atoms with Crippen LogP contribution in [0.25, 0.3) is 0 Å². The number of nitrogens with zero attached hydrogens (tertiary/aromatic N) is 2. The predicted molar refractivity (Wildman–Crippen MR) is 178 cm³/mol. The smallest absolute Gasteiger partial charge is 0.407 e. The minimum atomic E-state index is -0.723. The molecule has 2 aromatic rings. The molecule has 10 nitrogen and oxygen atoms in total. The lowest BCUT2D eigenvalue weighted by atomic mass is 10.0. The Hall–Kier alpha value is -2.34. The molecular weight excluding hydrogens is 672 g/mol. The average molecular weight is 732 g/mol. The van der Waals surface area contributed by atoms with E-state index in [-0.39, 0.29) is 36.1 Å². The molecular formula is C34H59BrN4O6S. The topological polar surface area (TPSA) is 116 Å². The average Bonchev–Trinajstić information content (AvgIpc) is 3.71. The number of thiazole rings is 1. The second-order valence-electron chi connectivity index (χ2n) is 11.8. The van der Waals surface area contributed by atoms with Gasteiger partial charge in [-0.3, -0.25) is 0 Å². The van der Waals surface area contributed by atoms with Crippen molar-refractivity contribution in [3.05, 3.63) is 28.9 Å². The van der Waals surface area contributed by atoms with Crippen molar-refractivity contribution < 1.29 is 49.9 Å². The van der Waals surface area contributed by atoms with Crippen molar-refractivity contribution in [2.75, 3.05) is 26.3 Å². The summed E-state index contributed by atoms with van der Waals surface area (Å²) in [4.78, 5) is 24.4. The maximum Gasteiger partial charge on any atom is 0.407 e. The molecule has 0 aliphatic rings. The number of aromatic nitrogens is 2. The molecule has 1 unspecified atom stereocenters. The number of aryl methyl sites for hydroxylation is 2. The summed E-state index contributed by atoms with van der Waals surface area (Å²) in [6.07, 6.45) is 22.7. The van der Waals surface area contributed by atoms with Gasteiger partial charge in [0.2, 0.25) is 5.51 Å². The molecule has 0 aliphatic heterocycles. The van der Waals surface area contributed by atoms with Crippen LogP contribution in [-0.2, 0) is 16.0 Å². The van der Waals surface area contributed by atoms with Crippen LogP contribution >= 0.6 is 11.3 Å². The van der Waals surface area contributed by atoms with Crippen molar-refractivity contribution in [1.29, 1.82) is 0 Å². The van der Waals surface area contributed by atoms with Gasteiger partial charge in [0, 0.05) is 25.6 Å². The fourth-order valence-electron chi connectivity index (χ4n) is 4.99. The zero-order chi connectivity index (χ0) is 32.2. The Balaban J connectivity index is 0.0000106. The molecule has 2 rings (SSSR count). The summed E-state index contributed by atoms with van der Waals surface area (Å²) >= 11 is 1.68. The SMILES string of the molecule is CCCCCCCCCCCCCCCCCNC(=O)OCC(COC(=O)NCCCCC[n+]1ccsc1)Oc1cc(C)on1.[Br-]. The van der Waals surface area contributed by atoms with E-state index in [0.29, 0.717) is 18.8 Å². The molecule has 2 aromatic heterocycles. The molecule has 0 radical (unpaired) electrons. The van der Waals surface area contributed by atoms with Gasteiger partial charge in [0.25, 0.3) is 5.88 Å². The van der Waals surface area contributed by atoms with Crippen LogP contribution in [0, 0.1) is 6.92 Å². The number of hydrogen-bond donors (Lipinski definition) is 2. The van der Waals surface area contributed by atoms with E-state index in [0.717, 1.165) is 38.6 Å². The van der Waals surface area contributed by atoms with Crippen molar-refractivity contribution in [3.63, 3.8) is 0 Å². The third kappa shape index (κ3) is 23.1. The highest BCUT2D eigenvalue weighted by Gasteiger charge is 2.18. The monoisotopic (exact) mass is 730 g/mol. The maximum atomic E-state index is 12.2. The highest BCUT2D eigenvalue weighted by atomic mass is 79.9. The number of nitrogens with one attached hydrogen (secondary N) is 2. The number of alkyl carbamates (subject to hydrolysis) is 2. The number of carbonyl (C=O) groups is 2.